The van der Waals surface area contributed by atoms with E-state index in [9.17, 15) is 0 Å². The van der Waals surface area contributed by atoms with Crippen LogP contribution in [-0.4, -0.2) is 9.66 Å². The van der Waals surface area contributed by atoms with Gasteiger partial charge in [0.15, 0.2) is 0 Å². The number of aromatic nitrogens is 2. The Balaban J connectivity index is 2.52. The molecule has 0 atom stereocenters. The lowest BCUT2D eigenvalue weighted by Crippen LogP contribution is -2.07. The smallest absolute Gasteiger partial charge is 0.0747 e. The molecule has 0 radical (unpaired) electrons. The SMILES string of the molecule is Nn1ccc2nc3ccccc3c-2c1. The van der Waals surface area contributed by atoms with E-state index >= 15 is 0 Å². The Morgan fingerprint density at radius 1 is 1.14 bits per heavy atom. The van der Waals surface area contributed by atoms with Crippen molar-refractivity contribution in [1.82, 2.24) is 9.66 Å². The van der Waals surface area contributed by atoms with Gasteiger partial charge in [-0.3, -0.25) is 4.68 Å². The van der Waals surface area contributed by atoms with Gasteiger partial charge in [0, 0.05) is 23.3 Å². The lowest BCUT2D eigenvalue weighted by atomic mass is 10.1. The maximum atomic E-state index is 5.66. The van der Waals surface area contributed by atoms with Crippen LogP contribution < -0.4 is 5.84 Å². The van der Waals surface area contributed by atoms with Gasteiger partial charge in [-0.25, -0.2) is 4.98 Å². The van der Waals surface area contributed by atoms with Gasteiger partial charge >= 0.3 is 0 Å². The molecule has 2 aliphatic rings. The van der Waals surface area contributed by atoms with Crippen molar-refractivity contribution in [3.05, 3.63) is 42.7 Å². The maximum Gasteiger partial charge on any atom is 0.0747 e. The third-order valence-corrected chi connectivity index (χ3v) is 2.39. The van der Waals surface area contributed by atoms with E-state index in [0.717, 1.165) is 22.2 Å². The molecule has 0 bridgehead atoms. The summed E-state index contributed by atoms with van der Waals surface area (Å²) in [6, 6.07) is 10.00. The number of nitrogens with zero attached hydrogens (tertiary/aromatic N) is 2. The van der Waals surface area contributed by atoms with Crippen molar-refractivity contribution in [2.24, 2.45) is 0 Å². The molecule has 3 rings (SSSR count). The summed E-state index contributed by atoms with van der Waals surface area (Å²) in [7, 11) is 0. The Hall–Kier alpha value is -2.03. The number of hydrogen-bond acceptors (Lipinski definition) is 2. The zero-order valence-corrected chi connectivity index (χ0v) is 7.51. The number of nitrogen functional groups attached to an aromatic ring is 1. The summed E-state index contributed by atoms with van der Waals surface area (Å²) in [4.78, 5) is 4.49. The van der Waals surface area contributed by atoms with Gasteiger partial charge < -0.3 is 5.84 Å². The fourth-order valence-electron chi connectivity index (χ4n) is 1.74. The fourth-order valence-corrected chi connectivity index (χ4v) is 1.74. The molecule has 1 aromatic rings. The number of fused-ring (bicyclic) bond motifs is 3. The summed E-state index contributed by atoms with van der Waals surface area (Å²) in [6.45, 7) is 0. The van der Waals surface area contributed by atoms with Gasteiger partial charge in [-0.15, -0.1) is 0 Å². The lowest BCUT2D eigenvalue weighted by Gasteiger charge is -2.01. The van der Waals surface area contributed by atoms with Crippen LogP contribution in [0.2, 0.25) is 0 Å². The highest BCUT2D eigenvalue weighted by Crippen LogP contribution is 2.29. The van der Waals surface area contributed by atoms with Crippen LogP contribution in [0.5, 0.6) is 0 Å². The van der Waals surface area contributed by atoms with Gasteiger partial charge in [-0.05, 0) is 12.1 Å². The van der Waals surface area contributed by atoms with Crippen molar-refractivity contribution in [2.45, 2.75) is 0 Å². The summed E-state index contributed by atoms with van der Waals surface area (Å²) in [5.74, 6) is 5.66. The van der Waals surface area contributed by atoms with Crippen LogP contribution in [0.25, 0.3) is 22.2 Å². The normalized spacial score (nSPS) is 11.1. The van der Waals surface area contributed by atoms with E-state index in [1.807, 2.05) is 30.5 Å². The fraction of sp³-hybridized carbons (Fsp3) is 0. The van der Waals surface area contributed by atoms with Crippen molar-refractivity contribution < 1.29 is 0 Å². The quantitative estimate of drug-likeness (QED) is 0.540. The van der Waals surface area contributed by atoms with Gasteiger partial charge in [0.2, 0.25) is 0 Å². The summed E-state index contributed by atoms with van der Waals surface area (Å²) >= 11 is 0. The highest BCUT2D eigenvalue weighted by molar-refractivity contribution is 5.96. The Bertz CT molecular complexity index is 568. The van der Waals surface area contributed by atoms with E-state index in [1.54, 1.807) is 10.9 Å². The second-order valence-electron chi connectivity index (χ2n) is 3.32. The van der Waals surface area contributed by atoms with E-state index in [0.29, 0.717) is 0 Å². The number of pyridine rings is 1. The van der Waals surface area contributed by atoms with Crippen molar-refractivity contribution in [3.63, 3.8) is 0 Å². The average Bonchev–Trinajstić information content (AvgIpc) is 2.56. The summed E-state index contributed by atoms with van der Waals surface area (Å²) < 4.78 is 1.55. The topological polar surface area (TPSA) is 43.8 Å². The summed E-state index contributed by atoms with van der Waals surface area (Å²) in [5, 5.41) is 1.15. The van der Waals surface area contributed by atoms with Gasteiger partial charge in [0.1, 0.15) is 0 Å². The Morgan fingerprint density at radius 2 is 2.00 bits per heavy atom. The molecule has 0 spiro atoms. The second kappa shape index (κ2) is 2.48. The molecule has 0 unspecified atom stereocenters. The maximum absolute atomic E-state index is 5.66. The van der Waals surface area contributed by atoms with Gasteiger partial charge in [0.05, 0.1) is 11.2 Å². The van der Waals surface area contributed by atoms with Gasteiger partial charge in [-0.2, -0.15) is 0 Å². The van der Waals surface area contributed by atoms with E-state index in [1.165, 1.54) is 0 Å². The van der Waals surface area contributed by atoms with Crippen molar-refractivity contribution in [1.29, 1.82) is 0 Å². The minimum Gasteiger partial charge on any atom is -0.340 e. The first-order valence-electron chi connectivity index (χ1n) is 4.46. The first-order chi connectivity index (χ1) is 6.84. The summed E-state index contributed by atoms with van der Waals surface area (Å²) in [5.41, 5.74) is 3.12. The Morgan fingerprint density at radius 3 is 2.93 bits per heavy atom. The lowest BCUT2D eigenvalue weighted by molar-refractivity contribution is 0.990. The number of hydrogen-bond donors (Lipinski definition) is 1. The predicted molar refractivity (Wildman–Crippen MR) is 56.5 cm³/mol. The first-order valence-corrected chi connectivity index (χ1v) is 4.46. The number of para-hydroxylation sites is 1. The number of nitrogens with two attached hydrogens (primary N) is 1. The Labute approximate surface area is 81.1 Å². The van der Waals surface area contributed by atoms with Crippen LogP contribution in [0.3, 0.4) is 0 Å². The van der Waals surface area contributed by atoms with Gasteiger partial charge in [0.25, 0.3) is 0 Å². The van der Waals surface area contributed by atoms with Crippen LogP contribution in [0.1, 0.15) is 0 Å². The molecular formula is C11H9N3. The van der Waals surface area contributed by atoms with E-state index in [2.05, 4.69) is 11.1 Å². The molecule has 68 valence electrons. The molecule has 1 aromatic carbocycles. The van der Waals surface area contributed by atoms with Crippen molar-refractivity contribution >= 4 is 10.9 Å². The molecule has 0 aliphatic carbocycles. The summed E-state index contributed by atoms with van der Waals surface area (Å²) in [6.07, 6.45) is 3.69. The average molecular weight is 183 g/mol. The second-order valence-corrected chi connectivity index (χ2v) is 3.32. The van der Waals surface area contributed by atoms with Crippen molar-refractivity contribution in [3.8, 4) is 11.3 Å². The largest absolute Gasteiger partial charge is 0.340 e. The molecule has 2 heterocycles. The molecule has 2 aliphatic heterocycles. The van der Waals surface area contributed by atoms with Crippen molar-refractivity contribution in [2.75, 3.05) is 5.84 Å². The molecule has 0 saturated carbocycles. The molecule has 14 heavy (non-hydrogen) atoms. The highest BCUT2D eigenvalue weighted by atomic mass is 15.3. The van der Waals surface area contributed by atoms with E-state index in [4.69, 9.17) is 5.84 Å². The highest BCUT2D eigenvalue weighted by Gasteiger charge is 2.10. The molecule has 3 heteroatoms. The predicted octanol–water partition coefficient (Wildman–Crippen LogP) is 1.85. The molecule has 0 fully saturated rings. The van der Waals surface area contributed by atoms with Crippen LogP contribution in [0, 0.1) is 0 Å². The zero-order valence-electron chi connectivity index (χ0n) is 7.51. The van der Waals surface area contributed by atoms with Crippen LogP contribution in [0.4, 0.5) is 0 Å². The van der Waals surface area contributed by atoms with E-state index < -0.39 is 0 Å². The molecule has 0 saturated heterocycles. The molecule has 3 nitrogen and oxygen atoms in total. The third-order valence-electron chi connectivity index (χ3n) is 2.39. The minimum absolute atomic E-state index is 0.993. The van der Waals surface area contributed by atoms with E-state index in [-0.39, 0.29) is 0 Å². The molecule has 2 N–H and O–H groups in total. The van der Waals surface area contributed by atoms with Crippen LogP contribution >= 0.6 is 0 Å². The van der Waals surface area contributed by atoms with Crippen LogP contribution in [0.15, 0.2) is 42.7 Å². The number of benzene rings is 1. The first kappa shape index (κ1) is 7.38. The number of rotatable bonds is 0. The zero-order chi connectivity index (χ0) is 9.54. The monoisotopic (exact) mass is 183 g/mol. The standard InChI is InChI=1S/C11H9N3/c12-14-6-5-11-9(7-14)8-3-1-2-4-10(8)13-11/h1-7H,12H2. The molecular weight excluding hydrogens is 174 g/mol. The Kier molecular flexibility index (Phi) is 1.31. The minimum atomic E-state index is 0.993. The third kappa shape index (κ3) is 0.893. The molecule has 0 amide bonds. The van der Waals surface area contributed by atoms with Crippen LogP contribution in [-0.2, 0) is 0 Å². The molecule has 0 aromatic heterocycles. The van der Waals surface area contributed by atoms with Gasteiger partial charge in [-0.1, -0.05) is 18.2 Å².